The van der Waals surface area contributed by atoms with Crippen LogP contribution >= 0.6 is 0 Å². The molecule has 2 aromatic rings. The number of carbonyl (C=O) groups is 2. The molecule has 0 saturated heterocycles. The smallest absolute Gasteiger partial charge is 0.296 e. The molecule has 0 bridgehead atoms. The van der Waals surface area contributed by atoms with Crippen LogP contribution in [0.15, 0.2) is 23.2 Å². The van der Waals surface area contributed by atoms with Crippen LogP contribution in [0.5, 0.6) is 0 Å². The molecule has 22 heavy (non-hydrogen) atoms. The minimum Gasteiger partial charge on any atom is -0.370 e. The molecule has 3 rings (SSSR count). The van der Waals surface area contributed by atoms with E-state index in [9.17, 15) is 9.59 Å². The van der Waals surface area contributed by atoms with Gasteiger partial charge in [0.25, 0.3) is 5.91 Å². The van der Waals surface area contributed by atoms with E-state index in [1.807, 2.05) is 23.6 Å². The molecule has 114 valence electrons. The molecule has 0 saturated carbocycles. The molecule has 6 nitrogen and oxygen atoms in total. The third-order valence-corrected chi connectivity index (χ3v) is 4.06. The standard InChI is InChI=1S/C16H18N4O2/c1-9-5-6-10-13(21)4-2-3-7-20-12(8-11(9)14(10)20)15(22)19-16(17)18/h5-6,8H,2-4,7H2,1H3,(H4,17,18,19,22). The monoisotopic (exact) mass is 298 g/mol. The minimum atomic E-state index is -0.477. The van der Waals surface area contributed by atoms with Crippen LogP contribution in [-0.4, -0.2) is 22.2 Å². The fourth-order valence-corrected chi connectivity index (χ4v) is 3.02. The zero-order valence-electron chi connectivity index (χ0n) is 12.4. The fourth-order valence-electron chi connectivity index (χ4n) is 3.02. The number of aromatic nitrogens is 1. The van der Waals surface area contributed by atoms with Gasteiger partial charge in [-0.25, -0.2) is 0 Å². The van der Waals surface area contributed by atoms with E-state index in [0.717, 1.165) is 29.3 Å². The lowest BCUT2D eigenvalue weighted by Gasteiger charge is -2.15. The van der Waals surface area contributed by atoms with Gasteiger partial charge in [-0.1, -0.05) is 6.07 Å². The molecular weight excluding hydrogens is 280 g/mol. The highest BCUT2D eigenvalue weighted by Crippen LogP contribution is 2.30. The summed E-state index contributed by atoms with van der Waals surface area (Å²) in [5, 5.41) is 0.905. The number of guanidine groups is 1. The van der Waals surface area contributed by atoms with Gasteiger partial charge in [-0.15, -0.1) is 0 Å². The first kappa shape index (κ1) is 14.3. The van der Waals surface area contributed by atoms with Gasteiger partial charge in [0, 0.05) is 23.9 Å². The molecule has 1 aliphatic rings. The van der Waals surface area contributed by atoms with Crippen LogP contribution in [0.3, 0.4) is 0 Å². The van der Waals surface area contributed by atoms with E-state index >= 15 is 0 Å². The van der Waals surface area contributed by atoms with Gasteiger partial charge < -0.3 is 16.0 Å². The fraction of sp³-hybridized carbons (Fsp3) is 0.312. The summed E-state index contributed by atoms with van der Waals surface area (Å²) in [6.45, 7) is 2.63. The van der Waals surface area contributed by atoms with E-state index < -0.39 is 5.91 Å². The summed E-state index contributed by atoms with van der Waals surface area (Å²) in [5.41, 5.74) is 13.6. The Hall–Kier alpha value is -2.63. The van der Waals surface area contributed by atoms with Gasteiger partial charge >= 0.3 is 0 Å². The van der Waals surface area contributed by atoms with Crippen LogP contribution in [0.25, 0.3) is 10.9 Å². The molecule has 1 aliphatic heterocycles. The highest BCUT2D eigenvalue weighted by atomic mass is 16.1. The molecule has 0 atom stereocenters. The Balaban J connectivity index is 2.33. The van der Waals surface area contributed by atoms with Gasteiger partial charge in [0.15, 0.2) is 11.7 Å². The maximum Gasteiger partial charge on any atom is 0.296 e. The molecular formula is C16H18N4O2. The first-order chi connectivity index (χ1) is 10.5. The lowest BCUT2D eigenvalue weighted by atomic mass is 9.99. The van der Waals surface area contributed by atoms with Crippen LogP contribution in [0.1, 0.15) is 45.7 Å². The molecule has 0 fully saturated rings. The summed E-state index contributed by atoms with van der Waals surface area (Å²) >= 11 is 0. The van der Waals surface area contributed by atoms with Gasteiger partial charge in [0.1, 0.15) is 5.69 Å². The average molecular weight is 298 g/mol. The Morgan fingerprint density at radius 3 is 2.77 bits per heavy atom. The van der Waals surface area contributed by atoms with Gasteiger partial charge in [0.05, 0.1) is 5.52 Å². The molecule has 1 amide bonds. The van der Waals surface area contributed by atoms with Crippen molar-refractivity contribution in [3.8, 4) is 0 Å². The van der Waals surface area contributed by atoms with Gasteiger partial charge in [-0.05, 0) is 37.5 Å². The number of ketones is 1. The number of hydrogen-bond donors (Lipinski definition) is 2. The van der Waals surface area contributed by atoms with Gasteiger partial charge in [-0.3, -0.25) is 9.59 Å². The normalized spacial score (nSPS) is 14.5. The summed E-state index contributed by atoms with van der Waals surface area (Å²) in [4.78, 5) is 28.3. The number of aryl methyl sites for hydroxylation is 2. The molecule has 1 aromatic carbocycles. The maximum absolute atomic E-state index is 12.3. The van der Waals surface area contributed by atoms with Crippen LogP contribution in [0.4, 0.5) is 0 Å². The summed E-state index contributed by atoms with van der Waals surface area (Å²) in [7, 11) is 0. The number of hydrogen-bond acceptors (Lipinski definition) is 2. The molecule has 0 radical (unpaired) electrons. The Kier molecular flexibility index (Phi) is 3.44. The minimum absolute atomic E-state index is 0.116. The first-order valence-corrected chi connectivity index (χ1v) is 7.29. The molecule has 4 N–H and O–H groups in total. The number of nitrogens with zero attached hydrogens (tertiary/aromatic N) is 2. The van der Waals surface area contributed by atoms with Crippen LogP contribution in [-0.2, 0) is 6.54 Å². The van der Waals surface area contributed by atoms with Crippen molar-refractivity contribution in [3.05, 3.63) is 35.0 Å². The van der Waals surface area contributed by atoms with Crippen molar-refractivity contribution in [2.24, 2.45) is 16.5 Å². The van der Waals surface area contributed by atoms with Crippen molar-refractivity contribution in [1.82, 2.24) is 4.57 Å². The van der Waals surface area contributed by atoms with Gasteiger partial charge in [-0.2, -0.15) is 4.99 Å². The predicted molar refractivity (Wildman–Crippen MR) is 85.0 cm³/mol. The summed E-state index contributed by atoms with van der Waals surface area (Å²) in [6.07, 6.45) is 2.19. The van der Waals surface area contributed by atoms with E-state index in [2.05, 4.69) is 4.99 Å². The van der Waals surface area contributed by atoms with Crippen molar-refractivity contribution < 1.29 is 9.59 Å². The molecule has 0 aliphatic carbocycles. The number of nitrogens with two attached hydrogens (primary N) is 2. The molecule has 2 heterocycles. The van der Waals surface area contributed by atoms with Crippen LogP contribution < -0.4 is 11.5 Å². The van der Waals surface area contributed by atoms with Gasteiger partial charge in [0.2, 0.25) is 0 Å². The van der Waals surface area contributed by atoms with E-state index in [-0.39, 0.29) is 11.7 Å². The summed E-state index contributed by atoms with van der Waals surface area (Å²) in [6, 6.07) is 5.54. The molecule has 6 heteroatoms. The van der Waals surface area contributed by atoms with Crippen molar-refractivity contribution in [2.45, 2.75) is 32.7 Å². The Morgan fingerprint density at radius 1 is 1.27 bits per heavy atom. The zero-order chi connectivity index (χ0) is 15.9. The largest absolute Gasteiger partial charge is 0.370 e. The summed E-state index contributed by atoms with van der Waals surface area (Å²) < 4.78 is 1.88. The third-order valence-electron chi connectivity index (χ3n) is 4.06. The quantitative estimate of drug-likeness (QED) is 0.618. The lowest BCUT2D eigenvalue weighted by molar-refractivity contribution is 0.0969. The highest BCUT2D eigenvalue weighted by molar-refractivity contribution is 6.11. The topological polar surface area (TPSA) is 103 Å². The number of Topliss-reactive ketones (excluding diaryl/α,β-unsaturated/α-hetero) is 1. The number of carbonyl (C=O) groups excluding carboxylic acids is 2. The lowest BCUT2D eigenvalue weighted by Crippen LogP contribution is -2.25. The zero-order valence-corrected chi connectivity index (χ0v) is 12.4. The second-order valence-corrected chi connectivity index (χ2v) is 5.60. The van der Waals surface area contributed by atoms with E-state index in [4.69, 9.17) is 11.5 Å². The van der Waals surface area contributed by atoms with Crippen LogP contribution in [0, 0.1) is 6.92 Å². The van der Waals surface area contributed by atoms with E-state index in [0.29, 0.717) is 24.2 Å². The third kappa shape index (κ3) is 2.26. The van der Waals surface area contributed by atoms with Crippen molar-refractivity contribution >= 4 is 28.6 Å². The number of benzene rings is 1. The Morgan fingerprint density at radius 2 is 2.05 bits per heavy atom. The number of rotatable bonds is 1. The predicted octanol–water partition coefficient (Wildman–Crippen LogP) is 1.73. The first-order valence-electron chi connectivity index (χ1n) is 7.29. The maximum atomic E-state index is 12.3. The average Bonchev–Trinajstić information content (AvgIpc) is 2.81. The van der Waals surface area contributed by atoms with Crippen molar-refractivity contribution in [1.29, 1.82) is 0 Å². The second-order valence-electron chi connectivity index (χ2n) is 5.60. The SMILES string of the molecule is Cc1ccc2c3c1cc(C(=O)N=C(N)N)n3CCCCC2=O. The van der Waals surface area contributed by atoms with E-state index in [1.165, 1.54) is 0 Å². The Labute approximate surface area is 127 Å². The number of amides is 1. The van der Waals surface area contributed by atoms with Crippen molar-refractivity contribution in [2.75, 3.05) is 0 Å². The van der Waals surface area contributed by atoms with Crippen molar-refractivity contribution in [3.63, 3.8) is 0 Å². The van der Waals surface area contributed by atoms with E-state index in [1.54, 1.807) is 6.07 Å². The molecule has 0 unspecified atom stereocenters. The highest BCUT2D eigenvalue weighted by Gasteiger charge is 2.22. The molecule has 0 spiro atoms. The van der Waals surface area contributed by atoms with Crippen LogP contribution in [0.2, 0.25) is 0 Å². The Bertz CT molecular complexity index is 813. The second kappa shape index (κ2) is 5.29. The molecule has 1 aromatic heterocycles. The summed E-state index contributed by atoms with van der Waals surface area (Å²) in [5.74, 6) is -0.624. The number of aliphatic imine (C=N–C) groups is 1.